The van der Waals surface area contributed by atoms with E-state index in [9.17, 15) is 0 Å². The van der Waals surface area contributed by atoms with Crippen LogP contribution in [0.5, 0.6) is 0 Å². The highest BCUT2D eigenvalue weighted by Crippen LogP contribution is 2.22. The van der Waals surface area contributed by atoms with Crippen molar-refractivity contribution in [2.45, 2.75) is 0 Å². The van der Waals surface area contributed by atoms with Crippen LogP contribution in [-0.2, 0) is 0 Å². The Hall–Kier alpha value is -2.63. The van der Waals surface area contributed by atoms with Gasteiger partial charge in [0.05, 0.1) is 0 Å². The summed E-state index contributed by atoms with van der Waals surface area (Å²) >= 11 is 0. The highest BCUT2D eigenvalue weighted by molar-refractivity contribution is 5.81. The van der Waals surface area contributed by atoms with Crippen molar-refractivity contribution in [1.29, 1.82) is 0 Å². The van der Waals surface area contributed by atoms with Crippen molar-refractivity contribution in [3.8, 4) is 0 Å². The second kappa shape index (κ2) is 5.05. The minimum absolute atomic E-state index is 0.809. The van der Waals surface area contributed by atoms with E-state index in [0.717, 1.165) is 43.0 Å². The zero-order chi connectivity index (χ0) is 14.1. The first-order valence-corrected chi connectivity index (χ1v) is 7.01. The summed E-state index contributed by atoms with van der Waals surface area (Å²) in [5.41, 5.74) is 2.09. The molecule has 1 aliphatic rings. The molecule has 0 atom stereocenters. The van der Waals surface area contributed by atoms with Crippen molar-refractivity contribution in [2.75, 3.05) is 36.0 Å². The fraction of sp³-hybridized carbons (Fsp3) is 0.267. The Labute approximate surface area is 122 Å². The predicted octanol–water partition coefficient (Wildman–Crippen LogP) is 1.94. The maximum absolute atomic E-state index is 4.99. The van der Waals surface area contributed by atoms with Crippen LogP contribution in [0.1, 0.15) is 0 Å². The van der Waals surface area contributed by atoms with Gasteiger partial charge < -0.3 is 14.3 Å². The number of benzene rings is 1. The predicted molar refractivity (Wildman–Crippen MR) is 80.5 cm³/mol. The molecular formula is C15H15N5O. The van der Waals surface area contributed by atoms with Gasteiger partial charge in [-0.2, -0.15) is 0 Å². The normalized spacial score (nSPS) is 15.6. The van der Waals surface area contributed by atoms with E-state index < -0.39 is 0 Å². The molecule has 3 aromatic rings. The lowest BCUT2D eigenvalue weighted by Gasteiger charge is -2.36. The van der Waals surface area contributed by atoms with Gasteiger partial charge in [-0.25, -0.2) is 9.97 Å². The Morgan fingerprint density at radius 2 is 1.71 bits per heavy atom. The average molecular weight is 281 g/mol. The van der Waals surface area contributed by atoms with E-state index in [1.807, 2.05) is 12.1 Å². The molecule has 0 aliphatic carbocycles. The second-order valence-corrected chi connectivity index (χ2v) is 5.08. The third kappa shape index (κ3) is 2.29. The summed E-state index contributed by atoms with van der Waals surface area (Å²) in [6.07, 6.45) is 5.24. The number of anilines is 2. The molecule has 4 rings (SSSR count). The molecule has 3 heterocycles. The number of hydrogen-bond acceptors (Lipinski definition) is 6. The molecule has 0 N–H and O–H groups in total. The Morgan fingerprint density at radius 1 is 0.952 bits per heavy atom. The zero-order valence-corrected chi connectivity index (χ0v) is 11.5. The van der Waals surface area contributed by atoms with Crippen molar-refractivity contribution < 1.29 is 4.52 Å². The molecule has 1 aromatic carbocycles. The topological polar surface area (TPSA) is 58.3 Å². The Bertz CT molecular complexity index is 734. The van der Waals surface area contributed by atoms with Gasteiger partial charge in [0.1, 0.15) is 11.8 Å². The summed E-state index contributed by atoms with van der Waals surface area (Å²) < 4.78 is 4.99. The van der Waals surface area contributed by atoms with Gasteiger partial charge >= 0.3 is 0 Å². The Morgan fingerprint density at radius 3 is 2.52 bits per heavy atom. The number of hydrogen-bond donors (Lipinski definition) is 0. The molecule has 2 aromatic heterocycles. The minimum Gasteiger partial charge on any atom is -0.368 e. The van der Waals surface area contributed by atoms with E-state index in [0.29, 0.717) is 0 Å². The van der Waals surface area contributed by atoms with E-state index in [2.05, 4.69) is 37.1 Å². The lowest BCUT2D eigenvalue weighted by Crippen LogP contribution is -2.47. The molecule has 0 bridgehead atoms. The summed E-state index contributed by atoms with van der Waals surface area (Å²) in [6, 6.07) is 8.09. The largest absolute Gasteiger partial charge is 0.368 e. The van der Waals surface area contributed by atoms with Gasteiger partial charge in [-0.15, -0.1) is 0 Å². The van der Waals surface area contributed by atoms with Crippen LogP contribution in [0.2, 0.25) is 0 Å². The minimum atomic E-state index is 0.809. The molecule has 106 valence electrons. The lowest BCUT2D eigenvalue weighted by atomic mass is 10.2. The van der Waals surface area contributed by atoms with Crippen LogP contribution in [0, 0.1) is 0 Å². The van der Waals surface area contributed by atoms with Gasteiger partial charge in [-0.05, 0) is 24.3 Å². The zero-order valence-electron chi connectivity index (χ0n) is 11.5. The van der Waals surface area contributed by atoms with Gasteiger partial charge in [0.2, 0.25) is 5.95 Å². The first-order valence-electron chi connectivity index (χ1n) is 7.01. The molecular weight excluding hydrogens is 266 g/mol. The molecule has 0 amide bonds. The second-order valence-electron chi connectivity index (χ2n) is 5.08. The van der Waals surface area contributed by atoms with Crippen molar-refractivity contribution in [3.05, 3.63) is 42.9 Å². The Kier molecular flexibility index (Phi) is 2.92. The van der Waals surface area contributed by atoms with Crippen molar-refractivity contribution in [3.63, 3.8) is 0 Å². The Balaban J connectivity index is 1.49. The number of piperazine rings is 1. The van der Waals surface area contributed by atoms with Crippen molar-refractivity contribution in [2.24, 2.45) is 0 Å². The summed E-state index contributed by atoms with van der Waals surface area (Å²) in [6.45, 7) is 3.73. The quantitative estimate of drug-likeness (QED) is 0.715. The highest BCUT2D eigenvalue weighted by Gasteiger charge is 2.19. The van der Waals surface area contributed by atoms with E-state index in [1.54, 1.807) is 18.7 Å². The number of nitrogens with zero attached hydrogens (tertiary/aromatic N) is 5. The maximum Gasteiger partial charge on any atom is 0.225 e. The standard InChI is InChI=1S/C15H15N5O/c1-4-16-15(17-5-1)20-8-6-19(7-9-20)13-3-2-12-11-21-18-14(12)10-13/h1-5,10-11H,6-9H2. The molecule has 6 nitrogen and oxygen atoms in total. The molecule has 21 heavy (non-hydrogen) atoms. The van der Waals surface area contributed by atoms with Crippen LogP contribution in [0.4, 0.5) is 11.6 Å². The van der Waals surface area contributed by atoms with Crippen LogP contribution in [0.3, 0.4) is 0 Å². The smallest absolute Gasteiger partial charge is 0.225 e. The van der Waals surface area contributed by atoms with Gasteiger partial charge in [0, 0.05) is 49.6 Å². The summed E-state index contributed by atoms with van der Waals surface area (Å²) in [5, 5.41) is 5.04. The van der Waals surface area contributed by atoms with Gasteiger partial charge in [-0.3, -0.25) is 0 Å². The van der Waals surface area contributed by atoms with Crippen molar-refractivity contribution in [1.82, 2.24) is 15.1 Å². The van der Waals surface area contributed by atoms with Crippen LogP contribution < -0.4 is 9.80 Å². The monoisotopic (exact) mass is 281 g/mol. The molecule has 0 unspecified atom stereocenters. The molecule has 0 saturated carbocycles. The number of fused-ring (bicyclic) bond motifs is 1. The lowest BCUT2D eigenvalue weighted by molar-refractivity contribution is 0.428. The average Bonchev–Trinajstić information content (AvgIpc) is 3.03. The molecule has 0 radical (unpaired) electrons. The van der Waals surface area contributed by atoms with Crippen LogP contribution in [0.25, 0.3) is 10.9 Å². The summed E-state index contributed by atoms with van der Waals surface area (Å²) in [4.78, 5) is 13.2. The van der Waals surface area contributed by atoms with Gasteiger partial charge in [-0.1, -0.05) is 5.16 Å². The molecule has 1 fully saturated rings. The van der Waals surface area contributed by atoms with Crippen LogP contribution in [0.15, 0.2) is 47.4 Å². The van der Waals surface area contributed by atoms with E-state index >= 15 is 0 Å². The number of aromatic nitrogens is 3. The van der Waals surface area contributed by atoms with Gasteiger partial charge in [0.15, 0.2) is 0 Å². The highest BCUT2D eigenvalue weighted by atomic mass is 16.5. The third-order valence-corrected chi connectivity index (χ3v) is 3.82. The molecule has 0 spiro atoms. The first kappa shape index (κ1) is 12.1. The first-order chi connectivity index (χ1) is 10.4. The SMILES string of the molecule is c1cnc(N2CCN(c3ccc4conc4c3)CC2)nc1. The maximum atomic E-state index is 4.99. The van der Waals surface area contributed by atoms with Crippen LogP contribution in [-0.4, -0.2) is 41.3 Å². The van der Waals surface area contributed by atoms with Gasteiger partial charge in [0.25, 0.3) is 0 Å². The summed E-state index contributed by atoms with van der Waals surface area (Å²) in [7, 11) is 0. The fourth-order valence-electron chi connectivity index (χ4n) is 2.67. The van der Waals surface area contributed by atoms with E-state index in [4.69, 9.17) is 4.52 Å². The van der Waals surface area contributed by atoms with E-state index in [1.165, 1.54) is 5.69 Å². The van der Waals surface area contributed by atoms with Crippen molar-refractivity contribution >= 4 is 22.5 Å². The number of rotatable bonds is 2. The third-order valence-electron chi connectivity index (χ3n) is 3.82. The van der Waals surface area contributed by atoms with E-state index in [-0.39, 0.29) is 0 Å². The van der Waals surface area contributed by atoms with Crippen LogP contribution >= 0.6 is 0 Å². The fourth-order valence-corrected chi connectivity index (χ4v) is 2.67. The summed E-state index contributed by atoms with van der Waals surface area (Å²) in [5.74, 6) is 0.809. The molecule has 1 saturated heterocycles. The molecule has 6 heteroatoms. The molecule has 1 aliphatic heterocycles.